The molecule has 0 radical (unpaired) electrons. The van der Waals surface area contributed by atoms with Crippen LogP contribution < -0.4 is 10.1 Å². The van der Waals surface area contributed by atoms with Gasteiger partial charge < -0.3 is 14.2 Å². The van der Waals surface area contributed by atoms with Crippen molar-refractivity contribution in [2.75, 3.05) is 11.6 Å². The number of carbonyl (C=O) groups is 1. The molecule has 1 N–H and O–H groups in total. The fourth-order valence-electron chi connectivity index (χ4n) is 5.07. The lowest BCUT2D eigenvalue weighted by Gasteiger charge is -2.42. The Morgan fingerprint density at radius 1 is 1.13 bits per heavy atom. The van der Waals surface area contributed by atoms with Crippen molar-refractivity contribution < 1.29 is 27.4 Å². The zero-order chi connectivity index (χ0) is 27.8. The van der Waals surface area contributed by atoms with Crippen molar-refractivity contribution in [1.29, 1.82) is 0 Å². The van der Waals surface area contributed by atoms with Gasteiger partial charge in [0.05, 0.1) is 23.5 Å². The van der Waals surface area contributed by atoms with Crippen LogP contribution in [0, 0.1) is 0 Å². The number of aryl methyl sites for hydroxylation is 1. The average molecular weight is 552 g/mol. The number of hydrogen-bond donors (Lipinski definition) is 1. The molecule has 1 spiro atoms. The molecule has 1 amide bonds. The molecule has 1 aliphatic heterocycles. The van der Waals surface area contributed by atoms with Crippen molar-refractivity contribution in [2.45, 2.75) is 76.0 Å². The number of ether oxygens (including phenoxy) is 3. The highest BCUT2D eigenvalue weighted by molar-refractivity contribution is 7.90. The van der Waals surface area contributed by atoms with Crippen molar-refractivity contribution in [3.63, 3.8) is 0 Å². The van der Waals surface area contributed by atoms with Gasteiger partial charge in [-0.3, -0.25) is 5.32 Å². The lowest BCUT2D eigenvalue weighted by molar-refractivity contribution is -0.0867. The van der Waals surface area contributed by atoms with Crippen LogP contribution in [-0.2, 0) is 51.0 Å². The van der Waals surface area contributed by atoms with Crippen LogP contribution in [0.25, 0.3) is 0 Å². The summed E-state index contributed by atoms with van der Waals surface area (Å²) in [6.45, 7) is 5.85. The Balaban J connectivity index is 1.48. The molecule has 1 atom stereocenters. The fourth-order valence-corrected chi connectivity index (χ4v) is 5.60. The number of nitrogens with zero attached hydrogens (tertiary/aromatic N) is 2. The molecule has 3 aromatic rings. The molecule has 0 fully saturated rings. The van der Waals surface area contributed by atoms with Crippen LogP contribution in [0.15, 0.2) is 53.7 Å². The quantitative estimate of drug-likeness (QED) is 0.435. The number of aromatic nitrogens is 2. The van der Waals surface area contributed by atoms with Crippen LogP contribution in [-0.4, -0.2) is 36.3 Å². The smallest absolute Gasteiger partial charge is 0.412 e. The minimum Gasteiger partial charge on any atom is -0.472 e. The molecule has 9 nitrogen and oxygen atoms in total. The van der Waals surface area contributed by atoms with Crippen LogP contribution in [0.5, 0.6) is 5.88 Å². The van der Waals surface area contributed by atoms with E-state index in [4.69, 9.17) is 14.2 Å². The number of carbonyl (C=O) groups excluding carboxylic acids is 1. The summed E-state index contributed by atoms with van der Waals surface area (Å²) in [5.41, 5.74) is 3.53. The number of fused-ring (bicyclic) bond motifs is 3. The first-order chi connectivity index (χ1) is 18.4. The highest BCUT2D eigenvalue weighted by Gasteiger charge is 2.43. The minimum absolute atomic E-state index is 0.173. The summed E-state index contributed by atoms with van der Waals surface area (Å²) >= 11 is 0. The second-order valence-corrected chi connectivity index (χ2v) is 13.0. The van der Waals surface area contributed by atoms with Gasteiger partial charge in [0.15, 0.2) is 0 Å². The van der Waals surface area contributed by atoms with Crippen LogP contribution in [0.2, 0.25) is 0 Å². The van der Waals surface area contributed by atoms with Crippen molar-refractivity contribution in [3.05, 3.63) is 76.5 Å². The van der Waals surface area contributed by atoms with E-state index in [2.05, 4.69) is 15.3 Å². The van der Waals surface area contributed by atoms with E-state index in [0.29, 0.717) is 23.4 Å². The molecule has 2 aliphatic rings. The van der Waals surface area contributed by atoms with Gasteiger partial charge in [-0.1, -0.05) is 36.4 Å². The first-order valence-electron chi connectivity index (χ1n) is 13.0. The van der Waals surface area contributed by atoms with E-state index in [1.165, 1.54) is 0 Å². The molecular weight excluding hydrogens is 518 g/mol. The minimum atomic E-state index is -3.68. The number of nitrogens with one attached hydrogen (secondary N) is 1. The van der Waals surface area contributed by atoms with Gasteiger partial charge in [0, 0.05) is 18.4 Å². The van der Waals surface area contributed by atoms with Crippen molar-refractivity contribution in [3.8, 4) is 5.88 Å². The Hall–Kier alpha value is -3.50. The maximum atomic E-state index is 12.5. The summed E-state index contributed by atoms with van der Waals surface area (Å²) < 4.78 is 43.0. The van der Waals surface area contributed by atoms with Crippen LogP contribution in [0.1, 0.15) is 61.6 Å². The maximum absolute atomic E-state index is 12.5. The zero-order valence-corrected chi connectivity index (χ0v) is 23.4. The Morgan fingerprint density at radius 2 is 1.90 bits per heavy atom. The molecule has 5 rings (SSSR count). The Labute approximate surface area is 228 Å². The van der Waals surface area contributed by atoms with Crippen molar-refractivity contribution in [1.82, 2.24) is 9.97 Å². The molecular formula is C29H33N3O6S. The Bertz CT molecular complexity index is 1500. The van der Waals surface area contributed by atoms with Gasteiger partial charge in [0.2, 0.25) is 20.9 Å². The topological polar surface area (TPSA) is 117 Å². The number of benzene rings is 2. The fraction of sp³-hybridized carbons (Fsp3) is 0.414. The predicted molar refractivity (Wildman–Crippen MR) is 145 cm³/mol. The van der Waals surface area contributed by atoms with E-state index in [1.807, 2.05) is 69.3 Å². The third-order valence-electron chi connectivity index (χ3n) is 6.80. The maximum Gasteiger partial charge on any atom is 0.412 e. The summed E-state index contributed by atoms with van der Waals surface area (Å²) in [6, 6.07) is 15.4. The third kappa shape index (κ3) is 6.07. The van der Waals surface area contributed by atoms with Gasteiger partial charge >= 0.3 is 6.09 Å². The first-order valence-corrected chi connectivity index (χ1v) is 14.8. The summed E-state index contributed by atoms with van der Waals surface area (Å²) in [5.74, 6) is 0.218. The van der Waals surface area contributed by atoms with E-state index >= 15 is 0 Å². The second kappa shape index (κ2) is 10.2. The molecule has 1 aliphatic carbocycles. The van der Waals surface area contributed by atoms with E-state index < -0.39 is 27.1 Å². The van der Waals surface area contributed by atoms with E-state index in [-0.39, 0.29) is 24.3 Å². The first kappa shape index (κ1) is 27.1. The highest BCUT2D eigenvalue weighted by atomic mass is 32.2. The molecule has 10 heteroatoms. The zero-order valence-electron chi connectivity index (χ0n) is 22.6. The molecule has 0 saturated carbocycles. The van der Waals surface area contributed by atoms with E-state index in [1.54, 1.807) is 0 Å². The van der Waals surface area contributed by atoms with Crippen molar-refractivity contribution >= 4 is 21.6 Å². The highest BCUT2D eigenvalue weighted by Crippen LogP contribution is 2.46. The Morgan fingerprint density at radius 3 is 2.62 bits per heavy atom. The molecule has 2 aromatic carbocycles. The molecule has 1 aromatic heterocycles. The standard InChI is InChI=1S/C29H33N3O6S/c1-28(2,3)38-27(33)30-21-13-12-20-11-8-14-29(23(20)15-21)16-24-22(18-37-29)25(32-26(31-24)39(4,34)35)36-17-19-9-6-5-7-10-19/h5-7,9-10,12-13,15H,8,11,14,16-18H2,1-4H3,(H,30,33). The predicted octanol–water partition coefficient (Wildman–Crippen LogP) is 5.11. The molecule has 39 heavy (non-hydrogen) atoms. The van der Waals surface area contributed by atoms with Crippen molar-refractivity contribution in [2.24, 2.45) is 0 Å². The van der Waals surface area contributed by atoms with Gasteiger partial charge in [-0.2, -0.15) is 4.98 Å². The SMILES string of the molecule is CC(C)(C)OC(=O)Nc1ccc2c(c1)C1(CCC2)Cc2nc(S(C)(=O)=O)nc(OCc3ccccc3)c2CO1. The molecule has 0 bridgehead atoms. The van der Waals surface area contributed by atoms with Crippen LogP contribution in [0.3, 0.4) is 0 Å². The second-order valence-electron chi connectivity index (χ2n) is 11.1. The molecule has 2 heterocycles. The Kier molecular flexibility index (Phi) is 7.11. The lowest BCUT2D eigenvalue weighted by Crippen LogP contribution is -2.40. The van der Waals surface area contributed by atoms with E-state index in [9.17, 15) is 13.2 Å². The monoisotopic (exact) mass is 551 g/mol. The number of rotatable bonds is 5. The summed E-state index contributed by atoms with van der Waals surface area (Å²) in [6.07, 6.45) is 3.43. The average Bonchev–Trinajstić information content (AvgIpc) is 2.86. The van der Waals surface area contributed by atoms with Gasteiger partial charge in [0.1, 0.15) is 12.2 Å². The van der Waals surface area contributed by atoms with Gasteiger partial charge in [-0.15, -0.1) is 0 Å². The number of amides is 1. The summed E-state index contributed by atoms with van der Waals surface area (Å²) in [5, 5.41) is 2.55. The molecule has 1 unspecified atom stereocenters. The van der Waals surface area contributed by atoms with Gasteiger partial charge in [-0.25, -0.2) is 18.2 Å². The number of hydrogen-bond acceptors (Lipinski definition) is 8. The van der Waals surface area contributed by atoms with Gasteiger partial charge in [0.25, 0.3) is 0 Å². The summed E-state index contributed by atoms with van der Waals surface area (Å²) in [4.78, 5) is 21.2. The molecule has 206 valence electrons. The molecule has 0 saturated heterocycles. The largest absolute Gasteiger partial charge is 0.472 e. The number of sulfone groups is 1. The van der Waals surface area contributed by atoms with Gasteiger partial charge in [-0.05, 0) is 68.9 Å². The normalized spacial score (nSPS) is 18.7. The van der Waals surface area contributed by atoms with Crippen LogP contribution >= 0.6 is 0 Å². The van der Waals surface area contributed by atoms with E-state index in [0.717, 1.165) is 42.2 Å². The van der Waals surface area contributed by atoms with Crippen LogP contribution in [0.4, 0.5) is 10.5 Å². The summed E-state index contributed by atoms with van der Waals surface area (Å²) in [7, 11) is -3.68. The third-order valence-corrected chi connectivity index (χ3v) is 7.65. The number of anilines is 1. The lowest BCUT2D eigenvalue weighted by atomic mass is 9.74.